The Bertz CT molecular complexity index is 200. The van der Waals surface area contributed by atoms with E-state index in [2.05, 4.69) is 19.6 Å². The fourth-order valence-electron chi connectivity index (χ4n) is 1.88. The molecule has 0 aromatic carbocycles. The van der Waals surface area contributed by atoms with Crippen molar-refractivity contribution in [3.8, 4) is 0 Å². The van der Waals surface area contributed by atoms with E-state index in [4.69, 9.17) is 9.47 Å². The Morgan fingerprint density at radius 3 is 2.00 bits per heavy atom. The third-order valence-electron chi connectivity index (χ3n) is 2.74. The van der Waals surface area contributed by atoms with Crippen LogP contribution in [0.25, 0.3) is 0 Å². The van der Waals surface area contributed by atoms with Crippen LogP contribution in [0, 0.1) is 5.92 Å². The van der Waals surface area contributed by atoms with Gasteiger partial charge in [-0.25, -0.2) is 0 Å². The van der Waals surface area contributed by atoms with Gasteiger partial charge >= 0.3 is 0 Å². The molecule has 0 saturated heterocycles. The van der Waals surface area contributed by atoms with Crippen molar-refractivity contribution >= 4 is 20.5 Å². The van der Waals surface area contributed by atoms with Gasteiger partial charge in [0, 0.05) is 17.2 Å². The van der Waals surface area contributed by atoms with E-state index in [9.17, 15) is 5.11 Å². The summed E-state index contributed by atoms with van der Waals surface area (Å²) >= 11 is 4.54. The summed E-state index contributed by atoms with van der Waals surface area (Å²) in [5, 5.41) is 9.77. The first-order chi connectivity index (χ1) is 8.23. The average molecular weight is 276 g/mol. The van der Waals surface area contributed by atoms with E-state index in [-0.39, 0.29) is 35.5 Å². The van der Waals surface area contributed by atoms with Gasteiger partial charge < -0.3 is 14.6 Å². The molecule has 3 nitrogen and oxygen atoms in total. The van der Waals surface area contributed by atoms with Crippen molar-refractivity contribution in [2.45, 2.75) is 70.6 Å². The molecule has 0 bridgehead atoms. The van der Waals surface area contributed by atoms with Crippen LogP contribution in [0.3, 0.4) is 0 Å². The highest BCUT2D eigenvalue weighted by Crippen LogP contribution is 2.23. The molecule has 3 unspecified atom stereocenters. The first-order valence-corrected chi connectivity index (χ1v) is 7.38. The molecule has 0 fully saturated rings. The predicted octanol–water partition coefficient (Wildman–Crippen LogP) is 1.48. The Labute approximate surface area is 118 Å². The lowest BCUT2D eigenvalue weighted by molar-refractivity contribution is -0.0692. The first-order valence-electron chi connectivity index (χ1n) is 6.87. The second-order valence-electron chi connectivity index (χ2n) is 5.59. The van der Waals surface area contributed by atoms with Crippen LogP contribution in [0.4, 0.5) is 0 Å². The summed E-state index contributed by atoms with van der Waals surface area (Å²) in [6.07, 6.45) is 0.944. The molecule has 1 N–H and O–H groups in total. The zero-order chi connectivity index (χ0) is 14.3. The minimum absolute atomic E-state index is 0.0174. The molecule has 0 aliphatic heterocycles. The number of ether oxygens (including phenoxy) is 2. The normalized spacial score (nSPS) is 18.9. The second-order valence-corrected chi connectivity index (χ2v) is 6.41. The molecule has 5 heteroatoms. The largest absolute Gasteiger partial charge is 0.402 e. The van der Waals surface area contributed by atoms with Crippen LogP contribution < -0.4 is 0 Å². The molecule has 18 heavy (non-hydrogen) atoms. The fourth-order valence-corrected chi connectivity index (χ4v) is 2.16. The second kappa shape index (κ2) is 9.24. The van der Waals surface area contributed by atoms with Crippen LogP contribution in [-0.2, 0) is 9.47 Å². The molecule has 0 amide bonds. The lowest BCUT2D eigenvalue weighted by Gasteiger charge is -2.32. The molecule has 0 aliphatic carbocycles. The van der Waals surface area contributed by atoms with Crippen molar-refractivity contribution < 1.29 is 14.6 Å². The molecule has 0 heterocycles. The van der Waals surface area contributed by atoms with Crippen LogP contribution >= 0.6 is 12.6 Å². The van der Waals surface area contributed by atoms with Gasteiger partial charge in [-0.2, -0.15) is 12.6 Å². The average Bonchev–Trinajstić information content (AvgIpc) is 2.14. The van der Waals surface area contributed by atoms with Crippen LogP contribution in [0.15, 0.2) is 0 Å². The lowest BCUT2D eigenvalue weighted by atomic mass is 9.87. The van der Waals surface area contributed by atoms with Crippen molar-refractivity contribution in [1.29, 1.82) is 0 Å². The van der Waals surface area contributed by atoms with E-state index in [0.717, 1.165) is 0 Å². The maximum atomic E-state index is 9.60. The Balaban J connectivity index is 4.62. The summed E-state index contributed by atoms with van der Waals surface area (Å²) in [5.41, 5.74) is 0. The van der Waals surface area contributed by atoms with Gasteiger partial charge in [0.25, 0.3) is 0 Å². The van der Waals surface area contributed by atoms with Gasteiger partial charge in [0.15, 0.2) is 0 Å². The molecule has 0 radical (unpaired) electrons. The summed E-state index contributed by atoms with van der Waals surface area (Å²) in [7, 11) is 1.79. The lowest BCUT2D eigenvalue weighted by Crippen LogP contribution is -2.38. The van der Waals surface area contributed by atoms with Crippen molar-refractivity contribution in [2.75, 3.05) is 6.61 Å². The van der Waals surface area contributed by atoms with Crippen molar-refractivity contribution in [3.05, 3.63) is 0 Å². The van der Waals surface area contributed by atoms with E-state index in [1.807, 2.05) is 27.7 Å². The van der Waals surface area contributed by atoms with Crippen LogP contribution in [0.2, 0.25) is 0 Å². The summed E-state index contributed by atoms with van der Waals surface area (Å²) in [5.74, 6) is 0.188. The third kappa shape index (κ3) is 8.41. The number of hydrogen-bond donors (Lipinski definition) is 2. The monoisotopic (exact) mass is 276 g/mol. The molecule has 0 rings (SSSR count). The SMILES string of the molecule is BC(O)C[C@H](OC(C)C)C(COC(C)C)C(C)S. The van der Waals surface area contributed by atoms with E-state index >= 15 is 0 Å². The number of aliphatic hydroxyl groups is 1. The molecule has 0 aliphatic rings. The molecule has 108 valence electrons. The summed E-state index contributed by atoms with van der Waals surface area (Å²) in [6.45, 7) is 10.7. The topological polar surface area (TPSA) is 38.7 Å². The van der Waals surface area contributed by atoms with Gasteiger partial charge in [0.05, 0.1) is 24.9 Å². The highest BCUT2D eigenvalue weighted by atomic mass is 32.1. The summed E-state index contributed by atoms with van der Waals surface area (Å²) < 4.78 is 11.6. The van der Waals surface area contributed by atoms with E-state index in [1.165, 1.54) is 0 Å². The molecule has 4 atom stereocenters. The van der Waals surface area contributed by atoms with Crippen molar-refractivity contribution in [3.63, 3.8) is 0 Å². The van der Waals surface area contributed by atoms with Crippen LogP contribution in [0.5, 0.6) is 0 Å². The van der Waals surface area contributed by atoms with Crippen LogP contribution in [0.1, 0.15) is 41.0 Å². The Kier molecular flexibility index (Phi) is 9.39. The molecule has 0 aromatic heterocycles. The van der Waals surface area contributed by atoms with E-state index < -0.39 is 0 Å². The summed E-state index contributed by atoms with van der Waals surface area (Å²) in [4.78, 5) is 0. The molecule has 0 spiro atoms. The van der Waals surface area contributed by atoms with Gasteiger partial charge in [-0.05, 0) is 34.1 Å². The van der Waals surface area contributed by atoms with Crippen molar-refractivity contribution in [1.82, 2.24) is 0 Å². The van der Waals surface area contributed by atoms with E-state index in [0.29, 0.717) is 13.0 Å². The minimum atomic E-state index is -0.373. The van der Waals surface area contributed by atoms with Crippen LogP contribution in [-0.4, -0.2) is 49.1 Å². The standard InChI is InChI=1S/C13H29BO3S/c1-8(2)16-7-11(10(5)18)12(6-13(14)15)17-9(3)4/h8-13,15,18H,6-7,14H2,1-5H3/t10?,11?,12-,13?/m0/s1. The first kappa shape index (κ1) is 18.3. The number of hydrogen-bond acceptors (Lipinski definition) is 4. The maximum absolute atomic E-state index is 9.60. The maximum Gasteiger partial charge on any atom is 0.138 e. The molecular weight excluding hydrogens is 247 g/mol. The molecule has 0 saturated carbocycles. The Hall–Kier alpha value is 0.295. The zero-order valence-corrected chi connectivity index (χ0v) is 13.5. The highest BCUT2D eigenvalue weighted by Gasteiger charge is 2.28. The number of aliphatic hydroxyl groups excluding tert-OH is 1. The minimum Gasteiger partial charge on any atom is -0.402 e. The van der Waals surface area contributed by atoms with E-state index in [1.54, 1.807) is 7.85 Å². The number of rotatable bonds is 9. The molecule has 0 aromatic rings. The van der Waals surface area contributed by atoms with Crippen molar-refractivity contribution in [2.24, 2.45) is 5.92 Å². The smallest absolute Gasteiger partial charge is 0.138 e. The third-order valence-corrected chi connectivity index (χ3v) is 3.12. The van der Waals surface area contributed by atoms with Gasteiger partial charge in [-0.3, -0.25) is 0 Å². The van der Waals surface area contributed by atoms with Gasteiger partial charge in [-0.15, -0.1) is 0 Å². The summed E-state index contributed by atoms with van der Waals surface area (Å²) in [6, 6.07) is -0.373. The number of thiol groups is 1. The van der Waals surface area contributed by atoms with Gasteiger partial charge in [-0.1, -0.05) is 6.92 Å². The highest BCUT2D eigenvalue weighted by molar-refractivity contribution is 7.80. The van der Waals surface area contributed by atoms with Gasteiger partial charge in [0.1, 0.15) is 7.85 Å². The molecular formula is C13H29BO3S. The Morgan fingerprint density at radius 2 is 1.67 bits per heavy atom. The Morgan fingerprint density at radius 1 is 1.11 bits per heavy atom. The predicted molar refractivity (Wildman–Crippen MR) is 82.2 cm³/mol. The quantitative estimate of drug-likeness (QED) is 0.495. The zero-order valence-electron chi connectivity index (χ0n) is 12.6. The van der Waals surface area contributed by atoms with Gasteiger partial charge in [0.2, 0.25) is 0 Å². The fraction of sp³-hybridized carbons (Fsp3) is 1.00.